The van der Waals surface area contributed by atoms with E-state index in [1.807, 2.05) is 24.3 Å². The number of amides is 2. The number of aromatic nitrogens is 3. The van der Waals surface area contributed by atoms with E-state index in [1.165, 1.54) is 22.9 Å². The van der Waals surface area contributed by atoms with Crippen LogP contribution in [0.1, 0.15) is 10.4 Å². The zero-order valence-corrected chi connectivity index (χ0v) is 17.2. The summed E-state index contributed by atoms with van der Waals surface area (Å²) in [5.74, 6) is 0.290. The van der Waals surface area contributed by atoms with Crippen LogP contribution in [-0.4, -0.2) is 51.5 Å². The molecule has 1 saturated heterocycles. The molecule has 0 unspecified atom stereocenters. The smallest absolute Gasteiger partial charge is 0.323 e. The Labute approximate surface area is 175 Å². The molecule has 0 spiro atoms. The second kappa shape index (κ2) is 8.29. The minimum Gasteiger partial charge on any atom is -0.367 e. The summed E-state index contributed by atoms with van der Waals surface area (Å²) in [7, 11) is 0. The Hall–Kier alpha value is -2.43. The molecule has 0 saturated carbocycles. The van der Waals surface area contributed by atoms with Crippen LogP contribution in [-0.2, 0) is 6.42 Å². The summed E-state index contributed by atoms with van der Waals surface area (Å²) in [5.41, 5.74) is 6.73. The van der Waals surface area contributed by atoms with E-state index in [2.05, 4.69) is 24.6 Å². The lowest BCUT2D eigenvalue weighted by atomic mass is 10.1. The monoisotopic (exact) mass is 435 g/mol. The molecule has 3 heterocycles. The standard InChI is InChI=1S/C17H18ClN7OS2/c18-12-3-1-11(2-4-12)9-13-10-20-15(27-13)22-16(26)24-5-7-25(8-6-24)17-21-14(19)23-28-17/h1-4,10H,5-9H2,(H2,19,23)(H,20,22,26). The van der Waals surface area contributed by atoms with E-state index in [1.54, 1.807) is 11.1 Å². The number of carbonyl (C=O) groups excluding carboxylic acids is 1. The summed E-state index contributed by atoms with van der Waals surface area (Å²) in [4.78, 5) is 26.0. The lowest BCUT2D eigenvalue weighted by molar-refractivity contribution is 0.208. The van der Waals surface area contributed by atoms with Gasteiger partial charge in [-0.15, -0.1) is 11.3 Å². The van der Waals surface area contributed by atoms with Crippen LogP contribution in [0.15, 0.2) is 30.5 Å². The van der Waals surface area contributed by atoms with Crippen molar-refractivity contribution in [3.8, 4) is 0 Å². The fraction of sp³-hybridized carbons (Fsp3) is 0.294. The number of nitrogens with one attached hydrogen (secondary N) is 1. The van der Waals surface area contributed by atoms with Gasteiger partial charge in [0.05, 0.1) is 0 Å². The van der Waals surface area contributed by atoms with Crippen molar-refractivity contribution in [2.24, 2.45) is 0 Å². The highest BCUT2D eigenvalue weighted by Crippen LogP contribution is 2.23. The van der Waals surface area contributed by atoms with E-state index in [-0.39, 0.29) is 6.03 Å². The molecule has 0 aliphatic carbocycles. The molecule has 2 aromatic heterocycles. The third-order valence-electron chi connectivity index (χ3n) is 4.33. The minimum atomic E-state index is -0.135. The van der Waals surface area contributed by atoms with Gasteiger partial charge in [-0.3, -0.25) is 5.32 Å². The van der Waals surface area contributed by atoms with Crippen molar-refractivity contribution in [1.29, 1.82) is 0 Å². The average molecular weight is 436 g/mol. The predicted octanol–water partition coefficient (Wildman–Crippen LogP) is 3.18. The Bertz CT molecular complexity index is 951. The average Bonchev–Trinajstić information content (AvgIpc) is 3.33. The second-order valence-corrected chi connectivity index (χ2v) is 8.56. The van der Waals surface area contributed by atoms with Crippen molar-refractivity contribution in [2.75, 3.05) is 42.1 Å². The Morgan fingerprint density at radius 2 is 1.96 bits per heavy atom. The number of rotatable bonds is 4. The summed E-state index contributed by atoms with van der Waals surface area (Å²) < 4.78 is 4.00. The van der Waals surface area contributed by atoms with Crippen molar-refractivity contribution in [2.45, 2.75) is 6.42 Å². The van der Waals surface area contributed by atoms with Crippen molar-refractivity contribution in [3.63, 3.8) is 0 Å². The molecular weight excluding hydrogens is 418 g/mol. The Morgan fingerprint density at radius 3 is 2.64 bits per heavy atom. The van der Waals surface area contributed by atoms with E-state index in [4.69, 9.17) is 17.3 Å². The van der Waals surface area contributed by atoms with Gasteiger partial charge in [-0.05, 0) is 17.7 Å². The van der Waals surface area contributed by atoms with Crippen LogP contribution >= 0.6 is 34.5 Å². The molecule has 1 aliphatic rings. The molecule has 28 heavy (non-hydrogen) atoms. The first kappa shape index (κ1) is 18.9. The third-order valence-corrected chi connectivity index (χ3v) is 6.28. The SMILES string of the molecule is Nc1nsc(N2CCN(C(=O)Nc3ncc(Cc4ccc(Cl)cc4)s3)CC2)n1. The van der Waals surface area contributed by atoms with Crippen LogP contribution in [0.2, 0.25) is 5.02 Å². The predicted molar refractivity (Wildman–Crippen MR) is 113 cm³/mol. The lowest BCUT2D eigenvalue weighted by Gasteiger charge is -2.34. The molecule has 1 fully saturated rings. The van der Waals surface area contributed by atoms with Crippen molar-refractivity contribution in [1.82, 2.24) is 19.2 Å². The zero-order chi connectivity index (χ0) is 19.5. The van der Waals surface area contributed by atoms with Gasteiger partial charge in [0.15, 0.2) is 5.13 Å². The fourth-order valence-electron chi connectivity index (χ4n) is 2.88. The molecule has 0 bridgehead atoms. The van der Waals surface area contributed by atoms with Gasteiger partial charge >= 0.3 is 6.03 Å². The van der Waals surface area contributed by atoms with Gasteiger partial charge in [0.25, 0.3) is 0 Å². The van der Waals surface area contributed by atoms with E-state index < -0.39 is 0 Å². The van der Waals surface area contributed by atoms with E-state index in [9.17, 15) is 4.79 Å². The Kier molecular flexibility index (Phi) is 5.60. The lowest BCUT2D eigenvalue weighted by Crippen LogP contribution is -2.50. The van der Waals surface area contributed by atoms with Gasteiger partial charge in [-0.1, -0.05) is 23.7 Å². The topological polar surface area (TPSA) is 100 Å². The Morgan fingerprint density at radius 1 is 1.21 bits per heavy atom. The maximum Gasteiger partial charge on any atom is 0.323 e. The first-order valence-corrected chi connectivity index (χ1v) is 10.6. The quantitative estimate of drug-likeness (QED) is 0.652. The molecular formula is C17H18ClN7OS2. The van der Waals surface area contributed by atoms with Gasteiger partial charge in [0.1, 0.15) is 0 Å². The molecule has 8 nitrogen and oxygen atoms in total. The molecule has 2 amide bonds. The van der Waals surface area contributed by atoms with Gasteiger partial charge in [-0.2, -0.15) is 9.36 Å². The van der Waals surface area contributed by atoms with E-state index in [0.29, 0.717) is 37.3 Å². The maximum absolute atomic E-state index is 12.5. The Balaban J connectivity index is 1.29. The van der Waals surface area contributed by atoms with Crippen LogP contribution in [0.5, 0.6) is 0 Å². The van der Waals surface area contributed by atoms with Gasteiger partial charge in [0.2, 0.25) is 11.1 Å². The summed E-state index contributed by atoms with van der Waals surface area (Å²) in [6.45, 7) is 2.60. The summed E-state index contributed by atoms with van der Waals surface area (Å²) >= 11 is 8.68. The number of benzene rings is 1. The number of carbonyl (C=O) groups is 1. The largest absolute Gasteiger partial charge is 0.367 e. The summed E-state index contributed by atoms with van der Waals surface area (Å²) in [6, 6.07) is 7.59. The molecule has 1 aromatic carbocycles. The molecule has 0 atom stereocenters. The molecule has 4 rings (SSSR count). The number of urea groups is 1. The first-order chi connectivity index (χ1) is 13.6. The highest BCUT2D eigenvalue weighted by Gasteiger charge is 2.23. The van der Waals surface area contributed by atoms with Crippen LogP contribution in [0.25, 0.3) is 0 Å². The molecule has 11 heteroatoms. The van der Waals surface area contributed by atoms with Crippen LogP contribution in [0, 0.1) is 0 Å². The fourth-order valence-corrected chi connectivity index (χ4v) is 4.49. The number of piperazine rings is 1. The number of anilines is 3. The van der Waals surface area contributed by atoms with Gasteiger partial charge in [0, 0.05) is 60.2 Å². The molecule has 3 aromatic rings. The maximum atomic E-state index is 12.5. The van der Waals surface area contributed by atoms with Crippen molar-refractivity contribution < 1.29 is 4.79 Å². The molecule has 3 N–H and O–H groups in total. The van der Waals surface area contributed by atoms with E-state index in [0.717, 1.165) is 27.0 Å². The number of thiazole rings is 1. The van der Waals surface area contributed by atoms with Crippen molar-refractivity contribution in [3.05, 3.63) is 45.9 Å². The second-order valence-electron chi connectivity index (χ2n) is 6.27. The summed E-state index contributed by atoms with van der Waals surface area (Å²) in [6.07, 6.45) is 2.56. The van der Waals surface area contributed by atoms with Crippen LogP contribution in [0.3, 0.4) is 0 Å². The number of nitrogen functional groups attached to an aromatic ring is 1. The number of hydrogen-bond donors (Lipinski definition) is 2. The molecule has 1 aliphatic heterocycles. The molecule has 0 radical (unpaired) electrons. The molecule has 146 valence electrons. The first-order valence-electron chi connectivity index (χ1n) is 8.66. The number of halogens is 1. The number of hydrogen-bond acceptors (Lipinski definition) is 8. The van der Waals surface area contributed by atoms with Crippen LogP contribution in [0.4, 0.5) is 21.0 Å². The van der Waals surface area contributed by atoms with Crippen molar-refractivity contribution >= 4 is 56.7 Å². The van der Waals surface area contributed by atoms with Gasteiger partial charge < -0.3 is 15.5 Å². The number of nitrogens with zero attached hydrogens (tertiary/aromatic N) is 5. The van der Waals surface area contributed by atoms with E-state index >= 15 is 0 Å². The third kappa shape index (κ3) is 4.51. The highest BCUT2D eigenvalue weighted by molar-refractivity contribution is 7.15. The normalized spacial score (nSPS) is 14.3. The zero-order valence-electron chi connectivity index (χ0n) is 14.8. The van der Waals surface area contributed by atoms with Crippen LogP contribution < -0.4 is 16.0 Å². The summed E-state index contributed by atoms with van der Waals surface area (Å²) in [5, 5.41) is 5.01. The number of nitrogens with two attached hydrogens (primary N) is 1. The van der Waals surface area contributed by atoms with Gasteiger partial charge in [-0.25, -0.2) is 9.78 Å². The minimum absolute atomic E-state index is 0.135. The highest BCUT2D eigenvalue weighted by atomic mass is 35.5.